The molecule has 0 saturated carbocycles. The maximum Gasteiger partial charge on any atom is 0.304 e. The van der Waals surface area contributed by atoms with E-state index in [1.807, 2.05) is 65.4 Å². The Morgan fingerprint density at radius 1 is 1.09 bits per heavy atom. The molecular weight excluding hydrogens is 482 g/mol. The summed E-state index contributed by atoms with van der Waals surface area (Å²) in [6.45, 7) is 4.31. The Morgan fingerprint density at radius 2 is 1.80 bits per heavy atom. The van der Waals surface area contributed by atoms with E-state index in [0.717, 1.165) is 22.3 Å². The van der Waals surface area contributed by atoms with Gasteiger partial charge in [-0.3, -0.25) is 4.79 Å². The largest absolute Gasteiger partial charge is 0.489 e. The van der Waals surface area contributed by atoms with E-state index < -0.39 is 16.0 Å². The van der Waals surface area contributed by atoms with Gasteiger partial charge in [0.25, 0.3) is 0 Å². The molecule has 0 aliphatic carbocycles. The zero-order chi connectivity index (χ0) is 25.3. The number of hydrogen-bond acceptors (Lipinski definition) is 5. The fourth-order valence-electron chi connectivity index (χ4n) is 3.61. The predicted octanol–water partition coefficient (Wildman–Crippen LogP) is 5.26. The highest BCUT2D eigenvalue weighted by atomic mass is 32.2. The lowest BCUT2D eigenvalue weighted by atomic mass is 9.96. The summed E-state index contributed by atoms with van der Waals surface area (Å²) in [5, 5.41) is 13.0. The van der Waals surface area contributed by atoms with E-state index in [2.05, 4.69) is 11.8 Å². The van der Waals surface area contributed by atoms with Crippen LogP contribution in [0.3, 0.4) is 0 Å². The average Bonchev–Trinajstić information content (AvgIpc) is 3.36. The van der Waals surface area contributed by atoms with Crippen LogP contribution in [0.2, 0.25) is 0 Å². The van der Waals surface area contributed by atoms with Crippen LogP contribution in [-0.2, 0) is 34.5 Å². The molecule has 184 valence electrons. The summed E-state index contributed by atoms with van der Waals surface area (Å²) in [5.41, 5.74) is 3.63. The first kappa shape index (κ1) is 26.5. The molecule has 0 amide bonds. The first-order valence-electron chi connectivity index (χ1n) is 11.2. The molecule has 0 aliphatic heterocycles. The smallest absolute Gasteiger partial charge is 0.304 e. The number of benzene rings is 2. The highest BCUT2D eigenvalue weighted by Crippen LogP contribution is 2.23. The lowest BCUT2D eigenvalue weighted by molar-refractivity contribution is -0.137. The van der Waals surface area contributed by atoms with Gasteiger partial charge >= 0.3 is 5.97 Å². The van der Waals surface area contributed by atoms with E-state index in [1.54, 1.807) is 25.2 Å². The van der Waals surface area contributed by atoms with Gasteiger partial charge < -0.3 is 9.84 Å². The third kappa shape index (κ3) is 7.96. The van der Waals surface area contributed by atoms with Gasteiger partial charge in [0, 0.05) is 13.1 Å². The van der Waals surface area contributed by atoms with Crippen LogP contribution in [-0.4, -0.2) is 29.6 Å². The Kier molecular flexibility index (Phi) is 9.49. The van der Waals surface area contributed by atoms with Crippen molar-refractivity contribution in [3.63, 3.8) is 0 Å². The molecule has 1 heterocycles. The lowest BCUT2D eigenvalue weighted by Crippen LogP contribution is -2.31. The van der Waals surface area contributed by atoms with Gasteiger partial charge in [0.1, 0.15) is 12.4 Å². The number of carboxylic acids is 1. The standard InChI is InChI=1S/C27H29NO5S2/c1-3-6-25(16-27(29)30)24-9-11-26(12-10-24)33-19-22-8-5-7-21(15-22)17-28(35(31,32)4-2)18-23-13-14-34-20-23/h5,7-15,20,25H,4,16-19H2,1-2H3,(H,29,30)/t25-/m0/s1. The monoisotopic (exact) mass is 511 g/mol. The molecule has 6 nitrogen and oxygen atoms in total. The SMILES string of the molecule is CC#C[C@@H](CC(=O)O)c1ccc(OCc2cccc(CN(Cc3ccsc3)S(=O)(=O)CC)c2)cc1. The normalized spacial score (nSPS) is 12.1. The van der Waals surface area contributed by atoms with Crippen LogP contribution in [0.5, 0.6) is 5.75 Å². The average molecular weight is 512 g/mol. The fourth-order valence-corrected chi connectivity index (χ4v) is 5.32. The molecule has 2 aromatic carbocycles. The number of hydrogen-bond donors (Lipinski definition) is 1. The van der Waals surface area contributed by atoms with Crippen LogP contribution in [0.4, 0.5) is 0 Å². The fraction of sp³-hybridized carbons (Fsp3) is 0.296. The number of carbonyl (C=O) groups is 1. The maximum absolute atomic E-state index is 12.7. The highest BCUT2D eigenvalue weighted by Gasteiger charge is 2.21. The van der Waals surface area contributed by atoms with Crippen molar-refractivity contribution in [2.45, 2.75) is 45.9 Å². The summed E-state index contributed by atoms with van der Waals surface area (Å²) >= 11 is 1.55. The van der Waals surface area contributed by atoms with E-state index >= 15 is 0 Å². The van der Waals surface area contributed by atoms with Crippen molar-refractivity contribution in [1.82, 2.24) is 4.31 Å². The van der Waals surface area contributed by atoms with E-state index in [1.165, 1.54) is 4.31 Å². The number of nitrogens with zero attached hydrogens (tertiary/aromatic N) is 1. The van der Waals surface area contributed by atoms with Gasteiger partial charge in [-0.1, -0.05) is 42.3 Å². The van der Waals surface area contributed by atoms with E-state index in [9.17, 15) is 13.2 Å². The second-order valence-corrected chi connectivity index (χ2v) is 11.1. The van der Waals surface area contributed by atoms with Crippen molar-refractivity contribution in [3.05, 3.63) is 87.6 Å². The Hall–Kier alpha value is -3.12. The first-order chi connectivity index (χ1) is 16.8. The van der Waals surface area contributed by atoms with Crippen molar-refractivity contribution >= 4 is 27.3 Å². The van der Waals surface area contributed by atoms with Crippen LogP contribution in [0.15, 0.2) is 65.4 Å². The van der Waals surface area contributed by atoms with Gasteiger partial charge in [-0.05, 0) is 65.1 Å². The van der Waals surface area contributed by atoms with Crippen LogP contribution < -0.4 is 4.74 Å². The minimum Gasteiger partial charge on any atom is -0.489 e. The van der Waals surface area contributed by atoms with Gasteiger partial charge in [-0.25, -0.2) is 8.42 Å². The molecule has 0 fully saturated rings. The van der Waals surface area contributed by atoms with Crippen LogP contribution in [0.1, 0.15) is 48.4 Å². The topological polar surface area (TPSA) is 83.9 Å². The van der Waals surface area contributed by atoms with Crippen molar-refractivity contribution in [2.24, 2.45) is 0 Å². The van der Waals surface area contributed by atoms with Gasteiger partial charge in [0.05, 0.1) is 18.1 Å². The van der Waals surface area contributed by atoms with Gasteiger partial charge in [0.15, 0.2) is 0 Å². The molecule has 0 radical (unpaired) electrons. The summed E-state index contributed by atoms with van der Waals surface area (Å²) in [6.07, 6.45) is -0.0506. The second kappa shape index (κ2) is 12.5. The Balaban J connectivity index is 1.66. The summed E-state index contributed by atoms with van der Waals surface area (Å²) < 4.78 is 32.8. The molecule has 0 unspecified atom stereocenters. The number of aliphatic carboxylic acids is 1. The highest BCUT2D eigenvalue weighted by molar-refractivity contribution is 7.89. The second-order valence-electron chi connectivity index (χ2n) is 8.02. The van der Waals surface area contributed by atoms with Crippen LogP contribution in [0.25, 0.3) is 0 Å². The number of sulfonamides is 1. The van der Waals surface area contributed by atoms with Crippen molar-refractivity contribution in [2.75, 3.05) is 5.75 Å². The van der Waals surface area contributed by atoms with E-state index in [4.69, 9.17) is 9.84 Å². The summed E-state index contributed by atoms with van der Waals surface area (Å²) in [4.78, 5) is 11.1. The van der Waals surface area contributed by atoms with Crippen molar-refractivity contribution in [3.8, 4) is 17.6 Å². The van der Waals surface area contributed by atoms with Gasteiger partial charge in [-0.2, -0.15) is 15.6 Å². The summed E-state index contributed by atoms with van der Waals surface area (Å²) in [7, 11) is -3.37. The zero-order valence-electron chi connectivity index (χ0n) is 19.8. The van der Waals surface area contributed by atoms with Crippen molar-refractivity contribution in [1.29, 1.82) is 0 Å². The Morgan fingerprint density at radius 3 is 2.43 bits per heavy atom. The molecule has 35 heavy (non-hydrogen) atoms. The summed E-state index contributed by atoms with van der Waals surface area (Å²) in [5.74, 6) is 5.19. The third-order valence-electron chi connectivity index (χ3n) is 5.43. The minimum atomic E-state index is -3.37. The van der Waals surface area contributed by atoms with Gasteiger partial charge in [0.2, 0.25) is 10.0 Å². The zero-order valence-corrected chi connectivity index (χ0v) is 21.4. The van der Waals surface area contributed by atoms with E-state index in [0.29, 0.717) is 18.9 Å². The first-order valence-corrected chi connectivity index (χ1v) is 13.8. The predicted molar refractivity (Wildman–Crippen MR) is 139 cm³/mol. The van der Waals surface area contributed by atoms with Crippen LogP contribution >= 0.6 is 11.3 Å². The minimum absolute atomic E-state index is 0.0487. The quantitative estimate of drug-likeness (QED) is 0.335. The summed E-state index contributed by atoms with van der Waals surface area (Å²) in [6, 6.07) is 16.9. The number of ether oxygens (including phenoxy) is 1. The van der Waals surface area contributed by atoms with Crippen molar-refractivity contribution < 1.29 is 23.1 Å². The molecule has 0 bridgehead atoms. The molecule has 1 aromatic heterocycles. The molecule has 1 N–H and O–H groups in total. The number of carboxylic acid groups (broad SMARTS) is 1. The lowest BCUT2D eigenvalue weighted by Gasteiger charge is -2.21. The number of rotatable bonds is 12. The molecule has 3 aromatic rings. The molecule has 3 rings (SSSR count). The molecular formula is C27H29NO5S2. The molecule has 1 atom stereocenters. The number of thiophene rings is 1. The van der Waals surface area contributed by atoms with Crippen LogP contribution in [0, 0.1) is 11.8 Å². The molecule has 0 spiro atoms. The molecule has 0 aliphatic rings. The third-order valence-corrected chi connectivity index (χ3v) is 7.94. The van der Waals surface area contributed by atoms with E-state index in [-0.39, 0.29) is 24.6 Å². The Labute approximate surface area is 211 Å². The molecule has 8 heteroatoms. The van der Waals surface area contributed by atoms with Gasteiger partial charge in [-0.15, -0.1) is 5.92 Å². The molecule has 0 saturated heterocycles. The maximum atomic E-state index is 12.7. The Bertz CT molecular complexity index is 1270.